The third-order valence-electron chi connectivity index (χ3n) is 2.33. The standard InChI is InChI=1S/C12H13Cl3FN3OS/c1-2-9(20)18-10(12(13,14)15)19-11(21)17-8-5-3-7(16)4-6-8/h3-6,10H,2H2,1H3,(H,18,20)(H2,17,19,21)/t10-/m0/s1. The number of thiocarbonyl (C=S) groups is 1. The Morgan fingerprint density at radius 1 is 1.29 bits per heavy atom. The Hall–Kier alpha value is -0.820. The zero-order chi connectivity index (χ0) is 16.0. The summed E-state index contributed by atoms with van der Waals surface area (Å²) in [5, 5.41) is 8.09. The van der Waals surface area contributed by atoms with Crippen LogP contribution in [0.25, 0.3) is 0 Å². The molecule has 0 unspecified atom stereocenters. The molecule has 0 aliphatic heterocycles. The summed E-state index contributed by atoms with van der Waals surface area (Å²) in [4.78, 5) is 11.4. The molecule has 116 valence electrons. The molecule has 9 heteroatoms. The first-order chi connectivity index (χ1) is 9.72. The summed E-state index contributed by atoms with van der Waals surface area (Å²) < 4.78 is 11.0. The Morgan fingerprint density at radius 3 is 2.33 bits per heavy atom. The second kappa shape index (κ2) is 7.98. The predicted octanol–water partition coefficient (Wildman–Crippen LogP) is 3.33. The van der Waals surface area contributed by atoms with E-state index in [1.165, 1.54) is 24.3 Å². The normalized spacial score (nSPS) is 12.4. The number of amides is 1. The lowest BCUT2D eigenvalue weighted by Crippen LogP contribution is -2.56. The smallest absolute Gasteiger partial charge is 0.228 e. The van der Waals surface area contributed by atoms with E-state index in [1.54, 1.807) is 6.92 Å². The number of carbonyl (C=O) groups excluding carboxylic acids is 1. The average molecular weight is 373 g/mol. The largest absolute Gasteiger partial charge is 0.339 e. The Morgan fingerprint density at radius 2 is 1.86 bits per heavy atom. The predicted molar refractivity (Wildman–Crippen MR) is 88.3 cm³/mol. The summed E-state index contributed by atoms with van der Waals surface area (Å²) >= 11 is 22.4. The molecule has 0 spiro atoms. The summed E-state index contributed by atoms with van der Waals surface area (Å²) in [7, 11) is 0. The van der Waals surface area contributed by atoms with Gasteiger partial charge in [-0.2, -0.15) is 0 Å². The van der Waals surface area contributed by atoms with Crippen molar-refractivity contribution in [1.82, 2.24) is 10.6 Å². The summed E-state index contributed by atoms with van der Waals surface area (Å²) in [6.45, 7) is 1.67. The van der Waals surface area contributed by atoms with Gasteiger partial charge in [0.25, 0.3) is 0 Å². The first-order valence-corrected chi connectivity index (χ1v) is 7.45. The van der Waals surface area contributed by atoms with Gasteiger partial charge in [-0.1, -0.05) is 41.7 Å². The van der Waals surface area contributed by atoms with Crippen molar-refractivity contribution in [2.45, 2.75) is 23.3 Å². The van der Waals surface area contributed by atoms with E-state index in [4.69, 9.17) is 47.0 Å². The van der Waals surface area contributed by atoms with E-state index >= 15 is 0 Å². The second-order valence-electron chi connectivity index (χ2n) is 4.00. The van der Waals surface area contributed by atoms with Gasteiger partial charge in [-0.3, -0.25) is 4.79 Å². The van der Waals surface area contributed by atoms with Crippen molar-refractivity contribution in [2.24, 2.45) is 0 Å². The summed E-state index contributed by atoms with van der Waals surface area (Å²) in [5.74, 6) is -0.669. The maximum Gasteiger partial charge on any atom is 0.228 e. The molecule has 1 aromatic carbocycles. The molecule has 3 N–H and O–H groups in total. The SMILES string of the molecule is CCC(=O)N[C@@H](NC(=S)Nc1ccc(F)cc1)C(Cl)(Cl)Cl. The van der Waals surface area contributed by atoms with Gasteiger partial charge in [-0.25, -0.2) is 4.39 Å². The summed E-state index contributed by atoms with van der Waals surface area (Å²) in [6.07, 6.45) is -0.771. The van der Waals surface area contributed by atoms with Crippen LogP contribution in [0.3, 0.4) is 0 Å². The zero-order valence-electron chi connectivity index (χ0n) is 10.9. The number of alkyl halides is 3. The Labute approximate surface area is 142 Å². The fraction of sp³-hybridized carbons (Fsp3) is 0.333. The van der Waals surface area contributed by atoms with Crippen LogP contribution in [0.2, 0.25) is 0 Å². The summed E-state index contributed by atoms with van der Waals surface area (Å²) in [5.41, 5.74) is 0.554. The molecular weight excluding hydrogens is 360 g/mol. The molecule has 0 bridgehead atoms. The van der Waals surface area contributed by atoms with Crippen molar-refractivity contribution in [2.75, 3.05) is 5.32 Å². The third kappa shape index (κ3) is 6.65. The maximum atomic E-state index is 12.8. The quantitative estimate of drug-likeness (QED) is 0.431. The van der Waals surface area contributed by atoms with Gasteiger partial charge in [-0.15, -0.1) is 0 Å². The molecule has 0 aromatic heterocycles. The van der Waals surface area contributed by atoms with Crippen LogP contribution in [0, 0.1) is 5.82 Å². The van der Waals surface area contributed by atoms with Crippen LogP contribution in [0.15, 0.2) is 24.3 Å². The van der Waals surface area contributed by atoms with Gasteiger partial charge >= 0.3 is 0 Å². The van der Waals surface area contributed by atoms with E-state index in [2.05, 4.69) is 16.0 Å². The van der Waals surface area contributed by atoms with E-state index in [0.717, 1.165) is 0 Å². The van der Waals surface area contributed by atoms with Crippen molar-refractivity contribution in [1.29, 1.82) is 0 Å². The highest BCUT2D eigenvalue weighted by Crippen LogP contribution is 2.29. The lowest BCUT2D eigenvalue weighted by molar-refractivity contribution is -0.121. The monoisotopic (exact) mass is 371 g/mol. The highest BCUT2D eigenvalue weighted by molar-refractivity contribution is 7.80. The molecule has 0 aliphatic carbocycles. The van der Waals surface area contributed by atoms with Crippen molar-refractivity contribution >= 4 is 63.7 Å². The molecule has 1 rings (SSSR count). The number of carbonyl (C=O) groups is 1. The van der Waals surface area contributed by atoms with E-state index in [9.17, 15) is 9.18 Å². The number of hydrogen-bond donors (Lipinski definition) is 3. The lowest BCUT2D eigenvalue weighted by Gasteiger charge is -2.27. The van der Waals surface area contributed by atoms with Gasteiger partial charge < -0.3 is 16.0 Å². The van der Waals surface area contributed by atoms with Crippen LogP contribution in [0.1, 0.15) is 13.3 Å². The highest BCUT2D eigenvalue weighted by Gasteiger charge is 2.34. The van der Waals surface area contributed by atoms with Crippen LogP contribution in [0.5, 0.6) is 0 Å². The Bertz CT molecular complexity index is 507. The number of halogens is 4. The molecule has 0 heterocycles. The van der Waals surface area contributed by atoms with Crippen LogP contribution in [-0.4, -0.2) is 21.0 Å². The number of benzene rings is 1. The first kappa shape index (κ1) is 18.2. The molecule has 0 radical (unpaired) electrons. The minimum atomic E-state index is -1.79. The van der Waals surface area contributed by atoms with Gasteiger partial charge in [0.15, 0.2) is 5.11 Å². The van der Waals surface area contributed by atoms with E-state index < -0.39 is 9.96 Å². The zero-order valence-corrected chi connectivity index (χ0v) is 14.0. The minimum absolute atomic E-state index is 0.120. The molecule has 0 saturated carbocycles. The fourth-order valence-electron chi connectivity index (χ4n) is 1.29. The van der Waals surface area contributed by atoms with Gasteiger partial charge in [0, 0.05) is 12.1 Å². The van der Waals surface area contributed by atoms with Gasteiger partial charge in [0.05, 0.1) is 0 Å². The maximum absolute atomic E-state index is 12.8. The van der Waals surface area contributed by atoms with Crippen LogP contribution >= 0.6 is 47.0 Å². The molecule has 0 fully saturated rings. The fourth-order valence-corrected chi connectivity index (χ4v) is 1.86. The molecule has 1 aromatic rings. The molecule has 0 saturated heterocycles. The molecule has 4 nitrogen and oxygen atoms in total. The molecule has 0 aliphatic rings. The average Bonchev–Trinajstić information content (AvgIpc) is 2.39. The molecular formula is C12H13Cl3FN3OS. The Kier molecular flexibility index (Phi) is 6.93. The van der Waals surface area contributed by atoms with Crippen molar-refractivity contribution in [3.63, 3.8) is 0 Å². The van der Waals surface area contributed by atoms with E-state index in [-0.39, 0.29) is 23.3 Å². The number of rotatable bonds is 4. The molecule has 1 atom stereocenters. The second-order valence-corrected chi connectivity index (χ2v) is 6.78. The van der Waals surface area contributed by atoms with Crippen LogP contribution in [-0.2, 0) is 4.79 Å². The number of anilines is 1. The topological polar surface area (TPSA) is 53.2 Å². The summed E-state index contributed by atoms with van der Waals surface area (Å²) in [6, 6.07) is 5.54. The first-order valence-electron chi connectivity index (χ1n) is 5.91. The van der Waals surface area contributed by atoms with E-state index in [0.29, 0.717) is 5.69 Å². The number of nitrogens with one attached hydrogen (secondary N) is 3. The lowest BCUT2D eigenvalue weighted by atomic mass is 10.3. The van der Waals surface area contributed by atoms with Crippen LogP contribution < -0.4 is 16.0 Å². The minimum Gasteiger partial charge on any atom is -0.339 e. The van der Waals surface area contributed by atoms with E-state index in [1.807, 2.05) is 0 Å². The van der Waals surface area contributed by atoms with Crippen LogP contribution in [0.4, 0.5) is 10.1 Å². The van der Waals surface area contributed by atoms with Crippen molar-refractivity contribution in [3.05, 3.63) is 30.1 Å². The highest BCUT2D eigenvalue weighted by atomic mass is 35.6. The molecule has 21 heavy (non-hydrogen) atoms. The van der Waals surface area contributed by atoms with Crippen molar-refractivity contribution in [3.8, 4) is 0 Å². The third-order valence-corrected chi connectivity index (χ3v) is 3.21. The molecule has 1 amide bonds. The van der Waals surface area contributed by atoms with Crippen molar-refractivity contribution < 1.29 is 9.18 Å². The number of hydrogen-bond acceptors (Lipinski definition) is 2. The Balaban J connectivity index is 2.67. The van der Waals surface area contributed by atoms with Gasteiger partial charge in [0.1, 0.15) is 12.0 Å². The van der Waals surface area contributed by atoms with Gasteiger partial charge in [0.2, 0.25) is 9.70 Å². The van der Waals surface area contributed by atoms with Gasteiger partial charge in [-0.05, 0) is 36.5 Å².